The quantitative estimate of drug-likeness (QED) is 0.288. The largest absolute Gasteiger partial charge is 0.505 e. The molecule has 0 atom stereocenters. The third-order valence-corrected chi connectivity index (χ3v) is 9.61. The maximum Gasteiger partial charge on any atom is 0.416 e. The maximum absolute atomic E-state index is 13.8. The van der Waals surface area contributed by atoms with Crippen molar-refractivity contribution in [1.82, 2.24) is 29.0 Å². The van der Waals surface area contributed by atoms with Crippen LogP contribution in [0.3, 0.4) is 0 Å². The number of likely N-dealkylation sites (tertiary alicyclic amines) is 1. The Kier molecular flexibility index (Phi) is 9.49. The van der Waals surface area contributed by atoms with Gasteiger partial charge in [-0.2, -0.15) is 22.7 Å². The summed E-state index contributed by atoms with van der Waals surface area (Å²) in [6.45, 7) is 2.02. The Hall–Kier alpha value is -4.76. The first kappa shape index (κ1) is 34.1. The van der Waals surface area contributed by atoms with Gasteiger partial charge in [0.05, 0.1) is 36.0 Å². The summed E-state index contributed by atoms with van der Waals surface area (Å²) >= 11 is 5.57. The first-order valence-corrected chi connectivity index (χ1v) is 16.1. The summed E-state index contributed by atoms with van der Waals surface area (Å²) in [7, 11) is 1.59. The van der Waals surface area contributed by atoms with E-state index in [0.717, 1.165) is 36.1 Å². The lowest BCUT2D eigenvalue weighted by atomic mass is 9.74. The second-order valence-corrected chi connectivity index (χ2v) is 12.4. The van der Waals surface area contributed by atoms with Crippen LogP contribution in [0.25, 0.3) is 11.4 Å². The molecule has 2 aliphatic heterocycles. The van der Waals surface area contributed by atoms with E-state index in [9.17, 15) is 32.7 Å². The van der Waals surface area contributed by atoms with E-state index in [1.165, 1.54) is 22.8 Å². The number of alkyl halides is 3. The van der Waals surface area contributed by atoms with Crippen molar-refractivity contribution in [1.29, 1.82) is 0 Å². The summed E-state index contributed by atoms with van der Waals surface area (Å²) in [5, 5.41) is 17.4. The van der Waals surface area contributed by atoms with Gasteiger partial charge >= 0.3 is 6.18 Å². The lowest BCUT2D eigenvalue weighted by Gasteiger charge is -2.39. The van der Waals surface area contributed by atoms with E-state index in [2.05, 4.69) is 20.4 Å². The van der Waals surface area contributed by atoms with E-state index in [4.69, 9.17) is 16.3 Å². The van der Waals surface area contributed by atoms with Crippen LogP contribution in [-0.2, 0) is 34.1 Å². The number of carbonyl (C=O) groups is 2. The number of piperidine rings is 1. The van der Waals surface area contributed by atoms with Crippen LogP contribution in [0.1, 0.15) is 58.8 Å². The molecule has 1 spiro atoms. The Balaban J connectivity index is 0.000000271. The van der Waals surface area contributed by atoms with Gasteiger partial charge in [-0.1, -0.05) is 17.7 Å². The number of carbonyl (C=O) groups excluding carboxylic acids is 2. The maximum atomic E-state index is 13.8. The number of hydrogen-bond acceptors (Lipinski definition) is 9. The van der Waals surface area contributed by atoms with Crippen LogP contribution in [0.4, 0.5) is 18.9 Å². The molecule has 258 valence electrons. The molecule has 0 unspecified atom stereocenters. The van der Waals surface area contributed by atoms with Crippen molar-refractivity contribution in [2.24, 2.45) is 0 Å². The number of ether oxygens (including phenoxy) is 1. The van der Waals surface area contributed by atoms with Crippen molar-refractivity contribution in [3.05, 3.63) is 86.3 Å². The molecule has 3 aromatic heterocycles. The van der Waals surface area contributed by atoms with E-state index in [1.54, 1.807) is 18.0 Å². The van der Waals surface area contributed by atoms with Crippen LogP contribution < -0.4 is 10.9 Å². The van der Waals surface area contributed by atoms with E-state index < -0.39 is 17.2 Å². The van der Waals surface area contributed by atoms with Crippen molar-refractivity contribution < 1.29 is 32.6 Å². The molecule has 5 heterocycles. The van der Waals surface area contributed by atoms with E-state index >= 15 is 0 Å². The van der Waals surface area contributed by atoms with Gasteiger partial charge in [-0.15, -0.1) is 5.10 Å². The number of rotatable bonds is 5. The van der Waals surface area contributed by atoms with Crippen molar-refractivity contribution in [2.45, 2.75) is 50.2 Å². The molecule has 3 aliphatic rings. The van der Waals surface area contributed by atoms with Gasteiger partial charge in [0.15, 0.2) is 11.5 Å². The lowest BCUT2D eigenvalue weighted by Crippen LogP contribution is -2.46. The van der Waals surface area contributed by atoms with Crippen LogP contribution in [0, 0.1) is 0 Å². The van der Waals surface area contributed by atoms with Crippen LogP contribution in [0.2, 0.25) is 5.02 Å². The summed E-state index contributed by atoms with van der Waals surface area (Å²) in [6, 6.07) is 6.20. The number of benzene rings is 1. The molecular weight excluding hydrogens is 667 g/mol. The van der Waals surface area contributed by atoms with E-state index in [1.807, 2.05) is 10.6 Å². The molecule has 16 heteroatoms. The van der Waals surface area contributed by atoms with Crippen LogP contribution in [0.15, 0.2) is 47.4 Å². The van der Waals surface area contributed by atoms with Crippen molar-refractivity contribution in [3.63, 3.8) is 0 Å². The molecule has 0 bridgehead atoms. The monoisotopic (exact) mass is 699 g/mol. The highest BCUT2D eigenvalue weighted by molar-refractivity contribution is 6.33. The third kappa shape index (κ3) is 6.52. The molecule has 1 aliphatic carbocycles. The fraction of sp³-hybridized carbons (Fsp3) is 0.394. The highest BCUT2D eigenvalue weighted by atomic mass is 35.5. The summed E-state index contributed by atoms with van der Waals surface area (Å²) in [4.78, 5) is 48.8. The second-order valence-electron chi connectivity index (χ2n) is 12.0. The van der Waals surface area contributed by atoms with Gasteiger partial charge in [0.25, 0.3) is 11.5 Å². The van der Waals surface area contributed by atoms with Gasteiger partial charge in [-0.3, -0.25) is 9.59 Å². The summed E-state index contributed by atoms with van der Waals surface area (Å²) in [6.07, 6.45) is 3.17. The molecular formula is C33H33ClF3N7O5. The average Bonchev–Trinajstić information content (AvgIpc) is 3.71. The molecule has 1 saturated heterocycles. The zero-order valence-corrected chi connectivity index (χ0v) is 27.2. The van der Waals surface area contributed by atoms with Crippen LogP contribution in [0.5, 0.6) is 5.75 Å². The first-order valence-electron chi connectivity index (χ1n) is 15.7. The molecule has 49 heavy (non-hydrogen) atoms. The Morgan fingerprint density at radius 1 is 1.18 bits per heavy atom. The van der Waals surface area contributed by atoms with Gasteiger partial charge in [-0.05, 0) is 68.0 Å². The number of aromatic hydroxyl groups is 1. The van der Waals surface area contributed by atoms with Crippen molar-refractivity contribution in [3.8, 4) is 5.75 Å². The zero-order chi connectivity index (χ0) is 34.9. The second kappa shape index (κ2) is 13.6. The van der Waals surface area contributed by atoms with Gasteiger partial charge in [0, 0.05) is 43.0 Å². The SMILES string of the molecule is CNc1ccc(C(F)(F)F)cc1Cl.O=CCn1c2c(c(=O)n3nc(C4=CCOCC4)nc13)C1(CC2)CCN(C(=O)c2ncccc2O)CC1. The smallest absolute Gasteiger partial charge is 0.416 e. The molecule has 4 aromatic rings. The van der Waals surface area contributed by atoms with E-state index in [0.29, 0.717) is 74.8 Å². The molecule has 0 radical (unpaired) electrons. The Bertz CT molecular complexity index is 2000. The Morgan fingerprint density at radius 3 is 2.59 bits per heavy atom. The number of pyridine rings is 1. The Morgan fingerprint density at radius 2 is 1.96 bits per heavy atom. The van der Waals surface area contributed by atoms with Gasteiger partial charge in [0.2, 0.25) is 5.78 Å². The molecule has 1 fully saturated rings. The van der Waals surface area contributed by atoms with E-state index in [-0.39, 0.29) is 34.5 Å². The van der Waals surface area contributed by atoms with Crippen LogP contribution in [-0.4, -0.2) is 79.7 Å². The standard InChI is InChI=1S/C25H26N6O5.C8H7ClF3N/c32-13-12-30-17-3-6-25(7-10-29(11-8-25)23(35)20-18(33)2-1-9-26-20)19(17)22(34)31-24(30)27-21(28-31)16-4-14-36-15-5-16;1-13-7-3-2-5(4-6(7)9)8(10,11)12/h1-2,4,9,13,33H,3,5-8,10-12,14-15H2;2-4,13H,1H3. The van der Waals surface area contributed by atoms with Crippen molar-refractivity contribution >= 4 is 40.8 Å². The topological polar surface area (TPSA) is 144 Å². The number of amides is 1. The summed E-state index contributed by atoms with van der Waals surface area (Å²) < 4.78 is 44.9. The number of aldehydes is 1. The van der Waals surface area contributed by atoms with Gasteiger partial charge in [0.1, 0.15) is 12.0 Å². The third-order valence-electron chi connectivity index (χ3n) is 9.29. The zero-order valence-electron chi connectivity index (χ0n) is 26.5. The molecule has 12 nitrogen and oxygen atoms in total. The minimum atomic E-state index is -4.34. The predicted molar refractivity (Wildman–Crippen MR) is 174 cm³/mol. The highest BCUT2D eigenvalue weighted by Gasteiger charge is 2.46. The number of fused-ring (bicyclic) bond motifs is 3. The average molecular weight is 700 g/mol. The molecule has 1 amide bonds. The number of aromatic nitrogens is 5. The summed E-state index contributed by atoms with van der Waals surface area (Å²) in [5.74, 6) is 0.405. The normalized spacial score (nSPS) is 16.9. The number of nitrogens with one attached hydrogen (secondary N) is 1. The fourth-order valence-corrected chi connectivity index (χ4v) is 7.03. The minimum Gasteiger partial charge on any atom is -0.505 e. The van der Waals surface area contributed by atoms with Crippen molar-refractivity contribution in [2.75, 3.05) is 38.7 Å². The Labute approximate surface area is 283 Å². The summed E-state index contributed by atoms with van der Waals surface area (Å²) in [5.41, 5.74) is 1.62. The number of halogens is 4. The molecule has 7 rings (SSSR count). The molecule has 0 saturated carbocycles. The lowest BCUT2D eigenvalue weighted by molar-refractivity contribution is -0.137. The minimum absolute atomic E-state index is 0.0351. The highest BCUT2D eigenvalue weighted by Crippen LogP contribution is 2.45. The number of anilines is 1. The molecule has 1 aromatic carbocycles. The first-order chi connectivity index (χ1) is 23.5. The number of hydrogen-bond donors (Lipinski definition) is 2. The van der Waals surface area contributed by atoms with Gasteiger partial charge < -0.3 is 29.4 Å². The number of nitrogens with zero attached hydrogens (tertiary/aromatic N) is 6. The predicted octanol–water partition coefficient (Wildman–Crippen LogP) is 4.51. The fourth-order valence-electron chi connectivity index (χ4n) is 6.75. The van der Waals surface area contributed by atoms with Crippen LogP contribution >= 0.6 is 11.6 Å². The molecule has 2 N–H and O–H groups in total. The van der Waals surface area contributed by atoms with Gasteiger partial charge in [-0.25, -0.2) is 4.98 Å².